The molecule has 1 aromatic heterocycles. The van der Waals surface area contributed by atoms with Crippen molar-refractivity contribution in [2.24, 2.45) is 5.92 Å². The highest BCUT2D eigenvalue weighted by Crippen LogP contribution is 2.27. The van der Waals surface area contributed by atoms with E-state index < -0.39 is 0 Å². The number of likely N-dealkylation sites (N-methyl/N-ethyl adjacent to an activating group) is 1. The summed E-state index contributed by atoms with van der Waals surface area (Å²) in [6.07, 6.45) is 1.31. The number of aryl methyl sites for hydroxylation is 1. The first-order chi connectivity index (χ1) is 10.6. The molecule has 2 aromatic rings. The van der Waals surface area contributed by atoms with E-state index in [0.717, 1.165) is 17.7 Å². The third-order valence-electron chi connectivity index (χ3n) is 3.84. The molecular weight excluding hydrogens is 282 g/mol. The molecule has 22 heavy (non-hydrogen) atoms. The summed E-state index contributed by atoms with van der Waals surface area (Å²) in [4.78, 5) is 18.4. The Balaban J connectivity index is 1.57. The Morgan fingerprint density at radius 3 is 3.00 bits per heavy atom. The fraction of sp³-hybridized carbons (Fsp3) is 0.438. The number of hydrogen-bond donors (Lipinski definition) is 0. The lowest BCUT2D eigenvalue weighted by atomic mass is 9.95. The molecule has 1 aliphatic heterocycles. The average Bonchev–Trinajstić information content (AvgIpc) is 2.97. The molecule has 0 bridgehead atoms. The van der Waals surface area contributed by atoms with E-state index in [-0.39, 0.29) is 11.8 Å². The molecule has 0 radical (unpaired) electrons. The van der Waals surface area contributed by atoms with E-state index in [2.05, 4.69) is 10.1 Å². The van der Waals surface area contributed by atoms with Crippen LogP contribution in [0.2, 0.25) is 0 Å². The molecule has 1 aromatic carbocycles. The van der Waals surface area contributed by atoms with Gasteiger partial charge in [0.05, 0.1) is 5.92 Å². The molecule has 1 atom stereocenters. The lowest BCUT2D eigenvalue weighted by Crippen LogP contribution is -2.39. The Morgan fingerprint density at radius 2 is 2.23 bits per heavy atom. The first kappa shape index (κ1) is 14.6. The smallest absolute Gasteiger partial charge is 0.229 e. The van der Waals surface area contributed by atoms with Crippen LogP contribution in [0.4, 0.5) is 0 Å². The van der Waals surface area contributed by atoms with Gasteiger partial charge in [-0.2, -0.15) is 4.98 Å². The number of benzene rings is 1. The van der Waals surface area contributed by atoms with Crippen molar-refractivity contribution in [1.82, 2.24) is 15.0 Å². The van der Waals surface area contributed by atoms with E-state index in [9.17, 15) is 4.79 Å². The second-order valence-corrected chi connectivity index (χ2v) is 5.56. The fourth-order valence-electron chi connectivity index (χ4n) is 2.62. The van der Waals surface area contributed by atoms with Crippen molar-refractivity contribution in [3.63, 3.8) is 0 Å². The quantitative estimate of drug-likeness (QED) is 0.858. The largest absolute Gasteiger partial charge is 0.492 e. The van der Waals surface area contributed by atoms with Crippen LogP contribution in [-0.2, 0) is 17.6 Å². The Morgan fingerprint density at radius 1 is 1.41 bits per heavy atom. The Hall–Kier alpha value is -2.37. The summed E-state index contributed by atoms with van der Waals surface area (Å²) in [6, 6.07) is 7.87. The van der Waals surface area contributed by atoms with Crippen molar-refractivity contribution >= 4 is 5.91 Å². The van der Waals surface area contributed by atoms with Gasteiger partial charge in [0.2, 0.25) is 11.8 Å². The number of carbonyl (C=O) groups excluding carboxylic acids is 1. The number of aromatic nitrogens is 2. The summed E-state index contributed by atoms with van der Waals surface area (Å²) in [5, 5.41) is 3.84. The maximum Gasteiger partial charge on any atom is 0.229 e. The van der Waals surface area contributed by atoms with Crippen LogP contribution < -0.4 is 4.74 Å². The zero-order chi connectivity index (χ0) is 15.5. The third-order valence-corrected chi connectivity index (χ3v) is 3.84. The predicted octanol–water partition coefficient (Wildman–Crippen LogP) is 1.63. The van der Waals surface area contributed by atoms with Gasteiger partial charge in [-0.05, 0) is 18.1 Å². The second kappa shape index (κ2) is 6.17. The normalized spacial score (nSPS) is 16.7. The van der Waals surface area contributed by atoms with Crippen molar-refractivity contribution in [1.29, 1.82) is 0 Å². The standard InChI is InChI=1S/C16H19N3O3/c1-11-17-15(18-22-11)7-8-19(2)16(20)13-9-12-5-3-4-6-14(12)21-10-13/h3-6,13H,7-10H2,1-2H3/t13-/m0/s1. The monoisotopic (exact) mass is 301 g/mol. The number of para-hydroxylation sites is 1. The number of fused-ring (bicyclic) bond motifs is 1. The average molecular weight is 301 g/mol. The number of carbonyl (C=O) groups is 1. The molecule has 0 unspecified atom stereocenters. The van der Waals surface area contributed by atoms with Crippen molar-refractivity contribution in [2.45, 2.75) is 19.8 Å². The van der Waals surface area contributed by atoms with Crippen LogP contribution in [0.5, 0.6) is 5.75 Å². The van der Waals surface area contributed by atoms with Crippen molar-refractivity contribution < 1.29 is 14.1 Å². The molecule has 116 valence electrons. The van der Waals surface area contributed by atoms with Crippen molar-refractivity contribution in [3.8, 4) is 5.75 Å². The van der Waals surface area contributed by atoms with Gasteiger partial charge in [-0.1, -0.05) is 23.4 Å². The van der Waals surface area contributed by atoms with Gasteiger partial charge >= 0.3 is 0 Å². The van der Waals surface area contributed by atoms with Crippen LogP contribution in [0.15, 0.2) is 28.8 Å². The molecule has 1 aliphatic rings. The summed E-state index contributed by atoms with van der Waals surface area (Å²) in [5.41, 5.74) is 1.09. The Labute approximate surface area is 129 Å². The number of hydrogen-bond acceptors (Lipinski definition) is 5. The van der Waals surface area contributed by atoms with E-state index in [1.165, 1.54) is 0 Å². The number of ether oxygens (including phenoxy) is 1. The topological polar surface area (TPSA) is 68.5 Å². The minimum absolute atomic E-state index is 0.0923. The lowest BCUT2D eigenvalue weighted by molar-refractivity contribution is -0.135. The minimum atomic E-state index is -0.132. The van der Waals surface area contributed by atoms with Gasteiger partial charge < -0.3 is 14.2 Å². The number of rotatable bonds is 4. The number of amides is 1. The van der Waals surface area contributed by atoms with E-state index in [0.29, 0.717) is 31.3 Å². The molecular formula is C16H19N3O3. The molecule has 6 nitrogen and oxygen atoms in total. The highest BCUT2D eigenvalue weighted by Gasteiger charge is 2.28. The van der Waals surface area contributed by atoms with Crippen LogP contribution in [0, 0.1) is 12.8 Å². The SMILES string of the molecule is Cc1nc(CCN(C)C(=O)[C@@H]2COc3ccccc3C2)no1. The van der Waals surface area contributed by atoms with E-state index in [1.807, 2.05) is 24.3 Å². The Kier molecular flexibility index (Phi) is 4.09. The van der Waals surface area contributed by atoms with E-state index in [4.69, 9.17) is 9.26 Å². The summed E-state index contributed by atoms with van der Waals surface area (Å²) < 4.78 is 10.6. The lowest BCUT2D eigenvalue weighted by Gasteiger charge is -2.28. The molecule has 1 amide bonds. The minimum Gasteiger partial charge on any atom is -0.492 e. The molecule has 0 saturated carbocycles. The molecule has 6 heteroatoms. The van der Waals surface area contributed by atoms with Gasteiger partial charge in [0, 0.05) is 26.9 Å². The van der Waals surface area contributed by atoms with Crippen LogP contribution in [0.25, 0.3) is 0 Å². The summed E-state index contributed by atoms with van der Waals surface area (Å²) in [6.45, 7) is 2.75. The van der Waals surface area contributed by atoms with Crippen LogP contribution in [-0.4, -0.2) is 41.1 Å². The van der Waals surface area contributed by atoms with Gasteiger partial charge in [0.1, 0.15) is 12.4 Å². The van der Waals surface area contributed by atoms with E-state index in [1.54, 1.807) is 18.9 Å². The second-order valence-electron chi connectivity index (χ2n) is 5.56. The van der Waals surface area contributed by atoms with Gasteiger partial charge in [-0.15, -0.1) is 0 Å². The zero-order valence-electron chi connectivity index (χ0n) is 12.8. The van der Waals surface area contributed by atoms with Crippen LogP contribution in [0.1, 0.15) is 17.3 Å². The first-order valence-electron chi connectivity index (χ1n) is 7.38. The zero-order valence-corrected chi connectivity index (χ0v) is 12.8. The first-order valence-corrected chi connectivity index (χ1v) is 7.38. The predicted molar refractivity (Wildman–Crippen MR) is 79.5 cm³/mol. The summed E-state index contributed by atoms with van der Waals surface area (Å²) in [7, 11) is 1.80. The summed E-state index contributed by atoms with van der Waals surface area (Å²) in [5.74, 6) is 2.02. The van der Waals surface area contributed by atoms with Crippen molar-refractivity contribution in [3.05, 3.63) is 41.5 Å². The fourth-order valence-corrected chi connectivity index (χ4v) is 2.62. The third kappa shape index (κ3) is 3.10. The van der Waals surface area contributed by atoms with Gasteiger partial charge in [-0.3, -0.25) is 4.79 Å². The van der Waals surface area contributed by atoms with Gasteiger partial charge in [-0.25, -0.2) is 0 Å². The maximum absolute atomic E-state index is 12.5. The van der Waals surface area contributed by atoms with Crippen LogP contribution >= 0.6 is 0 Å². The van der Waals surface area contributed by atoms with Gasteiger partial charge in [0.15, 0.2) is 5.82 Å². The molecule has 0 fully saturated rings. The maximum atomic E-state index is 12.5. The molecule has 0 spiro atoms. The molecule has 0 N–H and O–H groups in total. The molecule has 0 aliphatic carbocycles. The molecule has 0 saturated heterocycles. The number of nitrogens with zero attached hydrogens (tertiary/aromatic N) is 3. The highest BCUT2D eigenvalue weighted by molar-refractivity contribution is 5.79. The highest BCUT2D eigenvalue weighted by atomic mass is 16.5. The Bertz CT molecular complexity index is 668. The van der Waals surface area contributed by atoms with Crippen LogP contribution in [0.3, 0.4) is 0 Å². The van der Waals surface area contributed by atoms with Gasteiger partial charge in [0.25, 0.3) is 0 Å². The molecule has 2 heterocycles. The molecule has 3 rings (SSSR count). The van der Waals surface area contributed by atoms with Crippen molar-refractivity contribution in [2.75, 3.05) is 20.2 Å². The summed E-state index contributed by atoms with van der Waals surface area (Å²) >= 11 is 0. The van der Waals surface area contributed by atoms with E-state index >= 15 is 0 Å².